The molecule has 1 aliphatic rings. The largest absolute Gasteiger partial charge is 0.481 e. The van der Waals surface area contributed by atoms with E-state index in [1.54, 1.807) is 7.11 Å². The molecule has 4 heteroatoms. The van der Waals surface area contributed by atoms with Gasteiger partial charge in [-0.2, -0.15) is 0 Å². The summed E-state index contributed by atoms with van der Waals surface area (Å²) >= 11 is 0. The number of aliphatic hydroxyl groups excluding tert-OH is 1. The molecule has 4 nitrogen and oxygen atoms in total. The molecule has 1 aliphatic carbocycles. The maximum Gasteiger partial charge on any atom is 0.213 e. The van der Waals surface area contributed by atoms with Crippen molar-refractivity contribution in [1.82, 2.24) is 9.55 Å². The van der Waals surface area contributed by atoms with Gasteiger partial charge in [0.25, 0.3) is 0 Å². The van der Waals surface area contributed by atoms with Crippen molar-refractivity contribution < 1.29 is 9.84 Å². The predicted molar refractivity (Wildman–Crippen MR) is 72.2 cm³/mol. The first-order valence-electron chi connectivity index (χ1n) is 6.63. The summed E-state index contributed by atoms with van der Waals surface area (Å²) in [4.78, 5) is 4.41. The van der Waals surface area contributed by atoms with Crippen molar-refractivity contribution in [3.05, 3.63) is 47.4 Å². The molecule has 1 atom stereocenters. The van der Waals surface area contributed by atoms with Gasteiger partial charge in [-0.05, 0) is 30.9 Å². The van der Waals surface area contributed by atoms with E-state index in [4.69, 9.17) is 4.74 Å². The summed E-state index contributed by atoms with van der Waals surface area (Å²) < 4.78 is 7.23. The number of rotatable bonds is 3. The van der Waals surface area contributed by atoms with Gasteiger partial charge in [0.15, 0.2) is 0 Å². The smallest absolute Gasteiger partial charge is 0.213 e. The summed E-state index contributed by atoms with van der Waals surface area (Å²) in [5, 5.41) is 9.97. The van der Waals surface area contributed by atoms with E-state index in [9.17, 15) is 5.11 Å². The van der Waals surface area contributed by atoms with Crippen molar-refractivity contribution in [1.29, 1.82) is 0 Å². The van der Waals surface area contributed by atoms with Crippen LogP contribution in [0.1, 0.15) is 35.8 Å². The number of methoxy groups -OCH3 is 1. The molecule has 0 saturated heterocycles. The molecule has 2 heterocycles. The van der Waals surface area contributed by atoms with E-state index < -0.39 is 0 Å². The molecule has 0 spiro atoms. The number of fused-ring (bicyclic) bond motifs is 1. The Morgan fingerprint density at radius 2 is 2.32 bits per heavy atom. The minimum absolute atomic E-state index is 0.303. The lowest BCUT2D eigenvalue weighted by Gasteiger charge is -2.16. The van der Waals surface area contributed by atoms with Crippen molar-refractivity contribution in [3.8, 4) is 5.88 Å². The van der Waals surface area contributed by atoms with E-state index in [1.165, 1.54) is 5.56 Å². The van der Waals surface area contributed by atoms with Gasteiger partial charge in [0, 0.05) is 24.0 Å². The molecular formula is C15H18N2O2. The number of aryl methyl sites for hydroxylation is 1. The van der Waals surface area contributed by atoms with Crippen LogP contribution in [0.15, 0.2) is 30.6 Å². The first kappa shape index (κ1) is 12.2. The van der Waals surface area contributed by atoms with Crippen molar-refractivity contribution in [2.24, 2.45) is 0 Å². The second-order valence-corrected chi connectivity index (χ2v) is 4.99. The third-order valence-corrected chi connectivity index (χ3v) is 3.61. The lowest BCUT2D eigenvalue weighted by molar-refractivity contribution is 0.157. The van der Waals surface area contributed by atoms with Crippen LogP contribution in [0.5, 0.6) is 5.88 Å². The molecule has 0 fully saturated rings. The Hall–Kier alpha value is -1.81. The normalized spacial score (nSPS) is 18.1. The number of aliphatic hydroxyl groups is 1. The molecule has 100 valence electrons. The minimum atomic E-state index is -0.303. The lowest BCUT2D eigenvalue weighted by Crippen LogP contribution is -2.05. The van der Waals surface area contributed by atoms with Crippen molar-refractivity contribution in [2.45, 2.75) is 31.9 Å². The number of hydrogen-bond acceptors (Lipinski definition) is 3. The topological polar surface area (TPSA) is 47.3 Å². The molecule has 19 heavy (non-hydrogen) atoms. The highest BCUT2D eigenvalue weighted by molar-refractivity contribution is 5.29. The highest BCUT2D eigenvalue weighted by Gasteiger charge is 2.19. The van der Waals surface area contributed by atoms with Crippen LogP contribution in [0.25, 0.3) is 0 Å². The molecule has 0 bridgehead atoms. The Balaban J connectivity index is 1.83. The average Bonchev–Trinajstić information content (AvgIpc) is 2.83. The average molecular weight is 258 g/mol. The van der Waals surface area contributed by atoms with Crippen molar-refractivity contribution in [2.75, 3.05) is 7.11 Å². The number of aromatic nitrogens is 2. The Morgan fingerprint density at radius 1 is 1.42 bits per heavy atom. The van der Waals surface area contributed by atoms with Crippen LogP contribution in [0.4, 0.5) is 0 Å². The fraction of sp³-hybridized carbons (Fsp3) is 0.400. The molecule has 1 unspecified atom stereocenters. The Morgan fingerprint density at radius 3 is 3.11 bits per heavy atom. The lowest BCUT2D eigenvalue weighted by atomic mass is 9.93. The molecule has 2 aromatic rings. The van der Waals surface area contributed by atoms with Gasteiger partial charge in [-0.3, -0.25) is 0 Å². The molecule has 0 aromatic carbocycles. The molecule has 0 aliphatic heterocycles. The fourth-order valence-corrected chi connectivity index (χ4v) is 2.66. The number of ether oxygens (including phenoxy) is 1. The Kier molecular flexibility index (Phi) is 3.25. The summed E-state index contributed by atoms with van der Waals surface area (Å²) in [7, 11) is 1.62. The third-order valence-electron chi connectivity index (χ3n) is 3.61. The van der Waals surface area contributed by atoms with E-state index in [0.29, 0.717) is 12.4 Å². The Bertz CT molecular complexity index is 577. The summed E-state index contributed by atoms with van der Waals surface area (Å²) in [6.07, 6.45) is 6.86. The molecule has 1 N–H and O–H groups in total. The van der Waals surface area contributed by atoms with Gasteiger partial charge in [-0.15, -0.1) is 0 Å². The first-order chi connectivity index (χ1) is 9.26. The van der Waals surface area contributed by atoms with Gasteiger partial charge in [0.1, 0.15) is 0 Å². The number of hydrogen-bond donors (Lipinski definition) is 1. The van der Waals surface area contributed by atoms with Gasteiger partial charge in [-0.1, -0.05) is 6.07 Å². The predicted octanol–water partition coefficient (Wildman–Crippen LogP) is 2.31. The van der Waals surface area contributed by atoms with E-state index in [2.05, 4.69) is 15.7 Å². The maximum atomic E-state index is 9.97. The van der Waals surface area contributed by atoms with Crippen LogP contribution in [0.2, 0.25) is 0 Å². The zero-order valence-corrected chi connectivity index (χ0v) is 11.0. The van der Waals surface area contributed by atoms with E-state index in [-0.39, 0.29) is 6.10 Å². The number of pyridine rings is 1. The quantitative estimate of drug-likeness (QED) is 0.919. The van der Waals surface area contributed by atoms with Crippen LogP contribution in [0, 0.1) is 0 Å². The molecule has 0 radical (unpaired) electrons. The van der Waals surface area contributed by atoms with Gasteiger partial charge in [0.05, 0.1) is 25.5 Å². The standard InChI is InChI=1S/C15H18N2O2/c1-19-15-7-3-5-12(16-15)9-17-8-11-4-2-6-14(18)13(11)10-17/h3,5,7-8,10,14,18H,2,4,6,9H2,1H3. The second kappa shape index (κ2) is 5.05. The first-order valence-corrected chi connectivity index (χ1v) is 6.63. The minimum Gasteiger partial charge on any atom is -0.481 e. The molecule has 3 rings (SSSR count). The highest BCUT2D eigenvalue weighted by Crippen LogP contribution is 2.30. The summed E-state index contributed by atoms with van der Waals surface area (Å²) in [6, 6.07) is 5.77. The summed E-state index contributed by atoms with van der Waals surface area (Å²) in [6.45, 7) is 0.705. The van der Waals surface area contributed by atoms with Gasteiger partial charge < -0.3 is 14.4 Å². The summed E-state index contributed by atoms with van der Waals surface area (Å²) in [5.41, 5.74) is 3.30. The van der Waals surface area contributed by atoms with Crippen LogP contribution in [0.3, 0.4) is 0 Å². The van der Waals surface area contributed by atoms with Crippen molar-refractivity contribution in [3.63, 3.8) is 0 Å². The van der Waals surface area contributed by atoms with Gasteiger partial charge in [0.2, 0.25) is 5.88 Å². The molecule has 0 amide bonds. The molecular weight excluding hydrogens is 240 g/mol. The monoisotopic (exact) mass is 258 g/mol. The Labute approximate surface area is 112 Å². The van der Waals surface area contributed by atoms with Gasteiger partial charge >= 0.3 is 0 Å². The third kappa shape index (κ3) is 2.49. The van der Waals surface area contributed by atoms with Gasteiger partial charge in [-0.25, -0.2) is 4.98 Å². The summed E-state index contributed by atoms with van der Waals surface area (Å²) in [5.74, 6) is 0.634. The van der Waals surface area contributed by atoms with E-state index in [1.807, 2.05) is 24.4 Å². The SMILES string of the molecule is COc1cccc(Cn2cc3c(c2)C(O)CCC3)n1. The van der Waals surface area contributed by atoms with Crippen LogP contribution >= 0.6 is 0 Å². The zero-order chi connectivity index (χ0) is 13.2. The van der Waals surface area contributed by atoms with E-state index >= 15 is 0 Å². The molecule has 0 saturated carbocycles. The van der Waals surface area contributed by atoms with E-state index in [0.717, 1.165) is 30.5 Å². The zero-order valence-electron chi connectivity index (χ0n) is 11.0. The second-order valence-electron chi connectivity index (χ2n) is 4.99. The molecule has 2 aromatic heterocycles. The van der Waals surface area contributed by atoms with Crippen LogP contribution < -0.4 is 4.74 Å². The maximum absolute atomic E-state index is 9.97. The van der Waals surface area contributed by atoms with Crippen LogP contribution in [-0.4, -0.2) is 21.8 Å². The van der Waals surface area contributed by atoms with Crippen molar-refractivity contribution >= 4 is 0 Å². The fourth-order valence-electron chi connectivity index (χ4n) is 2.66. The van der Waals surface area contributed by atoms with Crippen LogP contribution in [-0.2, 0) is 13.0 Å². The number of nitrogens with zero attached hydrogens (tertiary/aromatic N) is 2. The highest BCUT2D eigenvalue weighted by atomic mass is 16.5.